The van der Waals surface area contributed by atoms with E-state index in [2.05, 4.69) is 25.8 Å². The van der Waals surface area contributed by atoms with Gasteiger partial charge in [-0.25, -0.2) is 14.4 Å². The van der Waals surface area contributed by atoms with Crippen molar-refractivity contribution in [2.24, 2.45) is 0 Å². The number of amides is 1. The summed E-state index contributed by atoms with van der Waals surface area (Å²) in [4.78, 5) is 20.7. The number of carbonyl (C=O) groups excluding carboxylic acids is 1. The number of carbonyl (C=O) groups is 1. The quantitative estimate of drug-likeness (QED) is 0.741. The number of benzene rings is 1. The highest BCUT2D eigenvalue weighted by Crippen LogP contribution is 2.12. The van der Waals surface area contributed by atoms with Crippen LogP contribution >= 0.6 is 0 Å². The van der Waals surface area contributed by atoms with Crippen molar-refractivity contribution in [2.75, 3.05) is 10.6 Å². The van der Waals surface area contributed by atoms with Crippen LogP contribution in [-0.4, -0.2) is 21.0 Å². The monoisotopic (exact) mass is 341 g/mol. The van der Waals surface area contributed by atoms with Crippen molar-refractivity contribution >= 4 is 17.7 Å². The lowest BCUT2D eigenvalue weighted by molar-refractivity contribution is 0.102. The number of aryl methyl sites for hydroxylation is 2. The average molecular weight is 341 g/mol. The van der Waals surface area contributed by atoms with Crippen molar-refractivity contribution < 1.29 is 13.7 Å². The number of nitrogens with one attached hydrogen (secondary N) is 2. The number of halogens is 1. The third-order valence-electron chi connectivity index (χ3n) is 3.32. The van der Waals surface area contributed by atoms with E-state index in [1.54, 1.807) is 38.1 Å². The molecule has 0 aliphatic rings. The fraction of sp³-hybridized carbons (Fsp3) is 0.176. The summed E-state index contributed by atoms with van der Waals surface area (Å²) in [5.41, 5.74) is 1.71. The third kappa shape index (κ3) is 4.37. The van der Waals surface area contributed by atoms with Gasteiger partial charge in [-0.2, -0.15) is 0 Å². The van der Waals surface area contributed by atoms with E-state index in [4.69, 9.17) is 4.52 Å². The first-order valence-corrected chi connectivity index (χ1v) is 7.58. The zero-order valence-corrected chi connectivity index (χ0v) is 13.7. The van der Waals surface area contributed by atoms with E-state index in [9.17, 15) is 9.18 Å². The van der Waals surface area contributed by atoms with Gasteiger partial charge in [0.2, 0.25) is 5.95 Å². The second kappa shape index (κ2) is 7.08. The Morgan fingerprint density at radius 3 is 2.60 bits per heavy atom. The van der Waals surface area contributed by atoms with Gasteiger partial charge in [-0.3, -0.25) is 4.79 Å². The zero-order valence-electron chi connectivity index (χ0n) is 13.7. The summed E-state index contributed by atoms with van der Waals surface area (Å²) in [6, 6.07) is 9.28. The number of hydrogen-bond donors (Lipinski definition) is 2. The molecule has 0 spiro atoms. The minimum Gasteiger partial charge on any atom is -0.360 e. The van der Waals surface area contributed by atoms with Gasteiger partial charge in [0, 0.05) is 18.3 Å². The molecule has 0 aliphatic carbocycles. The summed E-state index contributed by atoms with van der Waals surface area (Å²) >= 11 is 0. The Hall–Kier alpha value is -3.29. The largest absolute Gasteiger partial charge is 0.360 e. The van der Waals surface area contributed by atoms with Crippen LogP contribution in [0.25, 0.3) is 0 Å². The minimum absolute atomic E-state index is 0.203. The van der Waals surface area contributed by atoms with Gasteiger partial charge >= 0.3 is 0 Å². The van der Waals surface area contributed by atoms with Crippen LogP contribution in [0.1, 0.15) is 27.5 Å². The Bertz CT molecular complexity index is 892. The van der Waals surface area contributed by atoms with E-state index in [0.717, 1.165) is 5.56 Å². The molecular formula is C17H16FN5O2. The molecule has 2 heterocycles. The lowest BCUT2D eigenvalue weighted by Gasteiger charge is -2.08. The fourth-order valence-corrected chi connectivity index (χ4v) is 2.15. The van der Waals surface area contributed by atoms with Crippen LogP contribution in [0.2, 0.25) is 0 Å². The van der Waals surface area contributed by atoms with Gasteiger partial charge in [-0.15, -0.1) is 0 Å². The fourth-order valence-electron chi connectivity index (χ4n) is 2.15. The highest BCUT2D eigenvalue weighted by molar-refractivity contribution is 6.02. The van der Waals surface area contributed by atoms with E-state index in [1.807, 2.05) is 0 Å². The predicted octanol–water partition coefficient (Wildman–Crippen LogP) is 3.08. The van der Waals surface area contributed by atoms with Crippen molar-refractivity contribution in [2.45, 2.75) is 20.4 Å². The Labute approximate surface area is 143 Å². The van der Waals surface area contributed by atoms with Crippen molar-refractivity contribution in [3.8, 4) is 0 Å². The van der Waals surface area contributed by atoms with Crippen molar-refractivity contribution in [1.82, 2.24) is 15.1 Å². The summed E-state index contributed by atoms with van der Waals surface area (Å²) < 4.78 is 17.8. The van der Waals surface area contributed by atoms with E-state index in [-0.39, 0.29) is 11.5 Å². The second-order valence-corrected chi connectivity index (χ2v) is 5.48. The molecule has 2 N–H and O–H groups in total. The van der Waals surface area contributed by atoms with Gasteiger partial charge < -0.3 is 15.2 Å². The molecule has 0 unspecified atom stereocenters. The van der Waals surface area contributed by atoms with Crippen LogP contribution in [0.15, 0.2) is 40.9 Å². The molecule has 0 radical (unpaired) electrons. The standard InChI is InChI=1S/C17H16FN5O2/c1-10-7-14(16(24)22-15-8-11(2)25-23-15)21-17(20-10)19-9-12-3-5-13(18)6-4-12/h3-8H,9H2,1-2H3,(H,19,20,21)(H,22,23,24). The number of hydrogen-bond acceptors (Lipinski definition) is 6. The van der Waals surface area contributed by atoms with E-state index >= 15 is 0 Å². The van der Waals surface area contributed by atoms with Crippen molar-refractivity contribution in [3.05, 3.63) is 64.9 Å². The van der Waals surface area contributed by atoms with Crippen LogP contribution in [0.3, 0.4) is 0 Å². The molecule has 1 amide bonds. The predicted molar refractivity (Wildman–Crippen MR) is 89.7 cm³/mol. The molecular weight excluding hydrogens is 325 g/mol. The maximum atomic E-state index is 12.9. The average Bonchev–Trinajstić information content (AvgIpc) is 2.99. The Balaban J connectivity index is 1.71. The molecule has 0 atom stereocenters. The summed E-state index contributed by atoms with van der Waals surface area (Å²) in [5.74, 6) is 0.516. The highest BCUT2D eigenvalue weighted by Gasteiger charge is 2.13. The summed E-state index contributed by atoms with van der Waals surface area (Å²) in [7, 11) is 0. The first-order chi connectivity index (χ1) is 12.0. The number of anilines is 2. The van der Waals surface area contributed by atoms with Gasteiger partial charge in [0.05, 0.1) is 0 Å². The minimum atomic E-state index is -0.413. The van der Waals surface area contributed by atoms with E-state index in [1.165, 1.54) is 12.1 Å². The van der Waals surface area contributed by atoms with Crippen LogP contribution in [0, 0.1) is 19.7 Å². The smallest absolute Gasteiger partial charge is 0.275 e. The Morgan fingerprint density at radius 2 is 1.92 bits per heavy atom. The number of aromatic nitrogens is 3. The first kappa shape index (κ1) is 16.6. The van der Waals surface area contributed by atoms with Gasteiger partial charge in [-0.1, -0.05) is 17.3 Å². The Kier molecular flexibility index (Phi) is 4.69. The van der Waals surface area contributed by atoms with Crippen LogP contribution in [0.5, 0.6) is 0 Å². The molecule has 3 rings (SSSR count). The molecule has 3 aromatic rings. The van der Waals surface area contributed by atoms with Gasteiger partial charge in [0.25, 0.3) is 5.91 Å². The van der Waals surface area contributed by atoms with E-state index < -0.39 is 5.91 Å². The van der Waals surface area contributed by atoms with Crippen LogP contribution in [-0.2, 0) is 6.54 Å². The summed E-state index contributed by atoms with van der Waals surface area (Å²) in [5, 5.41) is 9.35. The number of rotatable bonds is 5. The molecule has 8 heteroatoms. The molecule has 7 nitrogen and oxygen atoms in total. The van der Waals surface area contributed by atoms with Gasteiger partial charge in [-0.05, 0) is 37.6 Å². The lowest BCUT2D eigenvalue weighted by Crippen LogP contribution is -2.16. The molecule has 1 aromatic carbocycles. The molecule has 0 fully saturated rings. The topological polar surface area (TPSA) is 92.9 Å². The maximum Gasteiger partial charge on any atom is 0.275 e. The zero-order chi connectivity index (χ0) is 17.8. The molecule has 2 aromatic heterocycles. The Morgan fingerprint density at radius 1 is 1.16 bits per heavy atom. The summed E-state index contributed by atoms with van der Waals surface area (Å²) in [6.45, 7) is 3.91. The molecule has 0 saturated heterocycles. The van der Waals surface area contributed by atoms with Gasteiger partial charge in [0.1, 0.15) is 17.3 Å². The molecule has 25 heavy (non-hydrogen) atoms. The summed E-state index contributed by atoms with van der Waals surface area (Å²) in [6.07, 6.45) is 0. The van der Waals surface area contributed by atoms with E-state index in [0.29, 0.717) is 29.8 Å². The first-order valence-electron chi connectivity index (χ1n) is 7.58. The van der Waals surface area contributed by atoms with Crippen LogP contribution < -0.4 is 10.6 Å². The highest BCUT2D eigenvalue weighted by atomic mass is 19.1. The third-order valence-corrected chi connectivity index (χ3v) is 3.32. The molecule has 0 aliphatic heterocycles. The lowest BCUT2D eigenvalue weighted by atomic mass is 10.2. The maximum absolute atomic E-state index is 12.9. The molecule has 128 valence electrons. The van der Waals surface area contributed by atoms with Gasteiger partial charge in [0.15, 0.2) is 5.82 Å². The molecule has 0 bridgehead atoms. The second-order valence-electron chi connectivity index (χ2n) is 5.48. The van der Waals surface area contributed by atoms with Crippen molar-refractivity contribution in [3.63, 3.8) is 0 Å². The number of nitrogens with zero attached hydrogens (tertiary/aromatic N) is 3. The SMILES string of the molecule is Cc1cc(C(=O)Nc2cc(C)on2)nc(NCc2ccc(F)cc2)n1. The normalized spacial score (nSPS) is 10.5. The van der Waals surface area contributed by atoms with Crippen LogP contribution in [0.4, 0.5) is 16.2 Å². The molecule has 0 saturated carbocycles. The van der Waals surface area contributed by atoms with Crippen molar-refractivity contribution in [1.29, 1.82) is 0 Å².